The molecule has 0 unspecified atom stereocenters. The molecule has 2 aromatic carbocycles. The van der Waals surface area contributed by atoms with Crippen molar-refractivity contribution in [1.29, 1.82) is 0 Å². The topological polar surface area (TPSA) is 119 Å². The third-order valence-corrected chi connectivity index (χ3v) is 5.03. The monoisotopic (exact) mass is 419 g/mol. The van der Waals surface area contributed by atoms with Gasteiger partial charge in [0, 0.05) is 12.1 Å². The Morgan fingerprint density at radius 1 is 1.29 bits per heavy atom. The van der Waals surface area contributed by atoms with Crippen LogP contribution in [-0.4, -0.2) is 28.0 Å². The van der Waals surface area contributed by atoms with Crippen LogP contribution in [-0.2, 0) is 4.79 Å². The van der Waals surface area contributed by atoms with Crippen molar-refractivity contribution < 1.29 is 29.0 Å². The smallest absolute Gasteiger partial charge is 0.335 e. The van der Waals surface area contributed by atoms with Gasteiger partial charge in [-0.05, 0) is 41.6 Å². The predicted octanol–water partition coefficient (Wildman–Crippen LogP) is 2.42. The van der Waals surface area contributed by atoms with Gasteiger partial charge in [-0.1, -0.05) is 29.3 Å². The zero-order chi connectivity index (χ0) is 20.3. The van der Waals surface area contributed by atoms with E-state index in [-0.39, 0.29) is 27.1 Å². The minimum Gasteiger partial charge on any atom is -0.538 e. The number of carbonyl (C=O) groups is 2. The Labute approximate surface area is 168 Å². The molecule has 2 N–H and O–H groups in total. The molecule has 0 radical (unpaired) electrons. The maximum atomic E-state index is 12.2. The van der Waals surface area contributed by atoms with E-state index in [1.54, 1.807) is 12.1 Å². The number of anilines is 1. The largest absolute Gasteiger partial charge is 0.538 e. The van der Waals surface area contributed by atoms with Gasteiger partial charge in [0.25, 0.3) is 5.03 Å². The Bertz CT molecular complexity index is 1040. The van der Waals surface area contributed by atoms with Crippen LogP contribution < -0.4 is 15.1 Å². The van der Waals surface area contributed by atoms with E-state index in [9.17, 15) is 14.7 Å². The molecule has 10 heteroatoms. The molecule has 28 heavy (non-hydrogen) atoms. The second-order valence-corrected chi connectivity index (χ2v) is 7.12. The SMILES string of the molecule is Cc1ccc(-[n+]2noc([O-])c2SCC(=O)Nc2cc(C(=O)O)ccc2Cl)cc1. The van der Waals surface area contributed by atoms with E-state index < -0.39 is 17.8 Å². The molecule has 0 saturated carbocycles. The van der Waals surface area contributed by atoms with Gasteiger partial charge in [0.1, 0.15) is 0 Å². The number of hydrogen-bond donors (Lipinski definition) is 2. The summed E-state index contributed by atoms with van der Waals surface area (Å²) in [6.45, 7) is 1.93. The fourth-order valence-electron chi connectivity index (χ4n) is 2.29. The van der Waals surface area contributed by atoms with E-state index in [4.69, 9.17) is 21.2 Å². The first-order valence-electron chi connectivity index (χ1n) is 7.96. The Kier molecular flexibility index (Phi) is 5.86. The van der Waals surface area contributed by atoms with Crippen molar-refractivity contribution in [2.24, 2.45) is 0 Å². The molecule has 0 aliphatic carbocycles. The second-order valence-electron chi connectivity index (χ2n) is 5.75. The van der Waals surface area contributed by atoms with Crippen molar-refractivity contribution in [1.82, 2.24) is 5.27 Å². The molecule has 0 fully saturated rings. The van der Waals surface area contributed by atoms with Crippen LogP contribution in [0.3, 0.4) is 0 Å². The Morgan fingerprint density at radius 2 is 2.00 bits per heavy atom. The zero-order valence-electron chi connectivity index (χ0n) is 14.5. The number of nitrogens with zero attached hydrogens (tertiary/aromatic N) is 2. The van der Waals surface area contributed by atoms with Gasteiger partial charge in [0.15, 0.2) is 5.95 Å². The third-order valence-electron chi connectivity index (χ3n) is 3.68. The lowest BCUT2D eigenvalue weighted by atomic mass is 10.2. The lowest BCUT2D eigenvalue weighted by molar-refractivity contribution is -0.705. The minimum absolute atomic E-state index is 0.00885. The van der Waals surface area contributed by atoms with Gasteiger partial charge in [-0.3, -0.25) is 4.79 Å². The fourth-order valence-corrected chi connectivity index (χ4v) is 3.21. The highest BCUT2D eigenvalue weighted by atomic mass is 35.5. The van der Waals surface area contributed by atoms with E-state index >= 15 is 0 Å². The summed E-state index contributed by atoms with van der Waals surface area (Å²) in [6, 6.07) is 11.3. The molecule has 3 rings (SSSR count). The summed E-state index contributed by atoms with van der Waals surface area (Å²) in [6.07, 6.45) is 0. The van der Waals surface area contributed by atoms with E-state index in [1.165, 1.54) is 22.9 Å². The van der Waals surface area contributed by atoms with Crippen LogP contribution in [0.5, 0.6) is 5.95 Å². The number of carboxylic acids is 1. The number of halogens is 1. The number of hydrogen-bond acceptors (Lipinski definition) is 6. The summed E-state index contributed by atoms with van der Waals surface area (Å²) in [7, 11) is 0. The van der Waals surface area contributed by atoms with Crippen LogP contribution in [0, 0.1) is 6.92 Å². The molecular weight excluding hydrogens is 406 g/mol. The number of aryl methyl sites for hydroxylation is 1. The van der Waals surface area contributed by atoms with Crippen LogP contribution in [0.25, 0.3) is 5.69 Å². The summed E-state index contributed by atoms with van der Waals surface area (Å²) in [5.74, 6) is -2.40. The molecular formula is C18H14ClN3O5S. The molecule has 8 nitrogen and oxygen atoms in total. The standard InChI is InChI=1S/C18H14ClN3O5S/c1-10-2-5-12(6-3-10)22-16(18(26)27-21-22)28-9-15(23)20-14-8-11(17(24)25)4-7-13(14)19/h2-8H,9H2,1H3,(H2-,20,21,23,24,25,26). The van der Waals surface area contributed by atoms with Gasteiger partial charge in [0.2, 0.25) is 11.6 Å². The number of rotatable bonds is 6. The zero-order valence-corrected chi connectivity index (χ0v) is 16.1. The Morgan fingerprint density at radius 3 is 2.68 bits per heavy atom. The summed E-state index contributed by atoms with van der Waals surface area (Å²) in [4.78, 5) is 23.3. The van der Waals surface area contributed by atoms with Crippen LogP contribution in [0.4, 0.5) is 5.69 Å². The average Bonchev–Trinajstić information content (AvgIpc) is 3.03. The average molecular weight is 420 g/mol. The highest BCUT2D eigenvalue weighted by molar-refractivity contribution is 7.99. The number of benzene rings is 2. The molecule has 0 spiro atoms. The van der Waals surface area contributed by atoms with Crippen LogP contribution in [0.1, 0.15) is 15.9 Å². The second kappa shape index (κ2) is 8.32. The molecule has 0 aliphatic heterocycles. The Hall–Kier alpha value is -3.04. The highest BCUT2D eigenvalue weighted by Gasteiger charge is 2.22. The lowest BCUT2D eigenvalue weighted by Crippen LogP contribution is -2.35. The number of carboxylic acid groups (broad SMARTS) is 1. The summed E-state index contributed by atoms with van der Waals surface area (Å²) in [5, 5.41) is 27.6. The normalized spacial score (nSPS) is 10.6. The van der Waals surface area contributed by atoms with Crippen molar-refractivity contribution in [3.05, 3.63) is 58.6 Å². The molecule has 1 aromatic heterocycles. The Balaban J connectivity index is 1.72. The van der Waals surface area contributed by atoms with E-state index in [1.807, 2.05) is 19.1 Å². The lowest BCUT2D eigenvalue weighted by Gasteiger charge is -2.07. The molecule has 1 amide bonds. The number of thioether (sulfide) groups is 1. The molecule has 0 atom stereocenters. The van der Waals surface area contributed by atoms with Crippen molar-refractivity contribution in [3.63, 3.8) is 0 Å². The first kappa shape index (κ1) is 19.7. The molecule has 0 aliphatic rings. The summed E-state index contributed by atoms with van der Waals surface area (Å²) < 4.78 is 6.03. The van der Waals surface area contributed by atoms with Crippen LogP contribution >= 0.6 is 23.4 Å². The molecule has 3 aromatic rings. The van der Waals surface area contributed by atoms with Crippen molar-refractivity contribution in [3.8, 4) is 11.6 Å². The number of aromatic nitrogens is 2. The van der Waals surface area contributed by atoms with Gasteiger partial charge in [-0.25, -0.2) is 4.79 Å². The number of amides is 1. The molecule has 1 heterocycles. The highest BCUT2D eigenvalue weighted by Crippen LogP contribution is 2.26. The molecule has 0 bridgehead atoms. The maximum absolute atomic E-state index is 12.2. The molecule has 0 saturated heterocycles. The van der Waals surface area contributed by atoms with Crippen LogP contribution in [0.2, 0.25) is 5.02 Å². The van der Waals surface area contributed by atoms with Crippen LogP contribution in [0.15, 0.2) is 52.0 Å². The number of aromatic carboxylic acids is 1. The minimum atomic E-state index is -1.14. The predicted molar refractivity (Wildman–Crippen MR) is 100.0 cm³/mol. The van der Waals surface area contributed by atoms with Crippen molar-refractivity contribution in [2.45, 2.75) is 11.9 Å². The van der Waals surface area contributed by atoms with E-state index in [0.717, 1.165) is 17.3 Å². The maximum Gasteiger partial charge on any atom is 0.335 e. The van der Waals surface area contributed by atoms with Crippen molar-refractivity contribution in [2.75, 3.05) is 11.1 Å². The van der Waals surface area contributed by atoms with Gasteiger partial charge in [-0.15, -0.1) is 0 Å². The van der Waals surface area contributed by atoms with Gasteiger partial charge >= 0.3 is 5.97 Å². The van der Waals surface area contributed by atoms with E-state index in [0.29, 0.717) is 5.69 Å². The van der Waals surface area contributed by atoms with Gasteiger partial charge < -0.3 is 20.1 Å². The first-order chi connectivity index (χ1) is 13.3. The summed E-state index contributed by atoms with van der Waals surface area (Å²) >= 11 is 6.94. The third kappa shape index (κ3) is 4.44. The quantitative estimate of drug-likeness (QED) is 0.465. The number of carbonyl (C=O) groups excluding carboxylic acids is 1. The van der Waals surface area contributed by atoms with E-state index in [2.05, 4.69) is 10.6 Å². The molecule has 144 valence electrons. The van der Waals surface area contributed by atoms with Crippen molar-refractivity contribution >= 4 is 40.9 Å². The first-order valence-corrected chi connectivity index (χ1v) is 9.33. The van der Waals surface area contributed by atoms with Gasteiger partial charge in [0.05, 0.1) is 27.3 Å². The number of nitrogens with one attached hydrogen (secondary N) is 1. The van der Waals surface area contributed by atoms with Gasteiger partial charge in [-0.2, -0.15) is 0 Å². The summed E-state index contributed by atoms with van der Waals surface area (Å²) in [5.41, 5.74) is 1.83. The fraction of sp³-hybridized carbons (Fsp3) is 0.111.